The van der Waals surface area contributed by atoms with Crippen molar-refractivity contribution in [2.75, 3.05) is 0 Å². The lowest BCUT2D eigenvalue weighted by Gasteiger charge is -2.29. The number of ether oxygens (including phenoxy) is 1. The first-order chi connectivity index (χ1) is 10.6. The lowest BCUT2D eigenvalue weighted by Crippen LogP contribution is -2.52. The van der Waals surface area contributed by atoms with Crippen LogP contribution in [0.3, 0.4) is 0 Å². The maximum absolute atomic E-state index is 12.0. The van der Waals surface area contributed by atoms with Crippen LogP contribution in [-0.4, -0.2) is 54.0 Å². The van der Waals surface area contributed by atoms with Gasteiger partial charge in [0.1, 0.15) is 12.2 Å². The Labute approximate surface area is 138 Å². The Balaban J connectivity index is 2.56. The highest BCUT2D eigenvalue weighted by Crippen LogP contribution is 2.43. The summed E-state index contributed by atoms with van der Waals surface area (Å²) in [7, 11) is 0. The number of carbonyl (C=O) groups is 2. The molecule has 126 valence electrons. The molecule has 1 aromatic rings. The molecule has 1 aliphatic rings. The van der Waals surface area contributed by atoms with Crippen molar-refractivity contribution in [2.45, 2.75) is 42.7 Å². The largest absolute Gasteiger partial charge is 0.383 e. The number of hydrogen-bond acceptors (Lipinski definition) is 7. The molecule has 1 saturated heterocycles. The van der Waals surface area contributed by atoms with Crippen LogP contribution in [0.1, 0.15) is 20.1 Å². The summed E-state index contributed by atoms with van der Waals surface area (Å²) in [5, 5.41) is 20.7. The van der Waals surface area contributed by atoms with Crippen LogP contribution in [0.15, 0.2) is 21.9 Å². The van der Waals surface area contributed by atoms with Crippen LogP contribution in [0, 0.1) is 0 Å². The number of aromatic amines is 1. The van der Waals surface area contributed by atoms with Crippen molar-refractivity contribution >= 4 is 27.5 Å². The molecule has 23 heavy (non-hydrogen) atoms. The van der Waals surface area contributed by atoms with Gasteiger partial charge >= 0.3 is 5.69 Å². The molecule has 0 aromatic carbocycles. The van der Waals surface area contributed by atoms with Crippen LogP contribution in [0.5, 0.6) is 0 Å². The molecule has 3 N–H and O–H groups in total. The van der Waals surface area contributed by atoms with Crippen molar-refractivity contribution in [2.24, 2.45) is 0 Å². The van der Waals surface area contributed by atoms with Gasteiger partial charge in [-0.1, -0.05) is 15.9 Å². The van der Waals surface area contributed by atoms with Gasteiger partial charge in [-0.2, -0.15) is 0 Å². The van der Waals surface area contributed by atoms with E-state index < -0.39 is 51.7 Å². The molecule has 0 bridgehead atoms. The summed E-state index contributed by atoms with van der Waals surface area (Å²) in [6.07, 6.45) is -3.33. The first kappa shape index (κ1) is 17.7. The van der Waals surface area contributed by atoms with Gasteiger partial charge in [0.05, 0.1) is 4.83 Å². The molecule has 1 aromatic heterocycles. The lowest BCUT2D eigenvalue weighted by molar-refractivity contribution is -0.151. The molecule has 0 amide bonds. The van der Waals surface area contributed by atoms with E-state index in [0.717, 1.165) is 30.7 Å². The molecule has 0 aliphatic carbocycles. The molecule has 0 spiro atoms. The first-order valence-electron chi connectivity index (χ1n) is 6.63. The highest BCUT2D eigenvalue weighted by atomic mass is 79.9. The number of rotatable bonds is 4. The standard InChI is InChI=1S/C13H15BrN2O7/c1-5(17)8(20)9-10(14)13(22,6(2)18)11(23-9)16-4-3-7(19)15-12(16)21/h3-4,8-11,20,22H,1-2H3,(H,15,19,21)/t8?,9-,10+,11-,13-/m1/s1. The Morgan fingerprint density at radius 3 is 2.52 bits per heavy atom. The molecule has 1 unspecified atom stereocenters. The van der Waals surface area contributed by atoms with Gasteiger partial charge in [0, 0.05) is 12.3 Å². The van der Waals surface area contributed by atoms with E-state index in [2.05, 4.69) is 15.9 Å². The second-order valence-corrected chi connectivity index (χ2v) is 6.30. The minimum atomic E-state index is -2.22. The zero-order valence-corrected chi connectivity index (χ0v) is 13.8. The summed E-state index contributed by atoms with van der Waals surface area (Å²) < 4.78 is 6.26. The number of ketones is 2. The van der Waals surface area contributed by atoms with E-state index in [4.69, 9.17) is 4.74 Å². The van der Waals surface area contributed by atoms with E-state index >= 15 is 0 Å². The number of nitrogens with one attached hydrogen (secondary N) is 1. The fourth-order valence-electron chi connectivity index (χ4n) is 2.43. The number of aliphatic hydroxyl groups is 2. The van der Waals surface area contributed by atoms with Crippen LogP contribution in [-0.2, 0) is 14.3 Å². The minimum Gasteiger partial charge on any atom is -0.383 e. The molecule has 2 heterocycles. The normalized spacial score (nSPS) is 31.8. The van der Waals surface area contributed by atoms with Gasteiger partial charge in [0.2, 0.25) is 0 Å². The van der Waals surface area contributed by atoms with Gasteiger partial charge in [0.25, 0.3) is 5.56 Å². The van der Waals surface area contributed by atoms with Gasteiger partial charge in [-0.3, -0.25) is 23.9 Å². The topological polar surface area (TPSA) is 139 Å². The smallest absolute Gasteiger partial charge is 0.330 e. The van der Waals surface area contributed by atoms with E-state index in [0.29, 0.717) is 0 Å². The number of carbonyl (C=O) groups excluding carboxylic acids is 2. The monoisotopic (exact) mass is 390 g/mol. The van der Waals surface area contributed by atoms with Gasteiger partial charge in [0.15, 0.2) is 23.4 Å². The molecule has 9 nitrogen and oxygen atoms in total. The molecule has 1 fully saturated rings. The summed E-state index contributed by atoms with van der Waals surface area (Å²) in [6, 6.07) is 1.02. The van der Waals surface area contributed by atoms with Crippen LogP contribution in [0.4, 0.5) is 0 Å². The lowest BCUT2D eigenvalue weighted by atomic mass is 9.91. The van der Waals surface area contributed by atoms with Gasteiger partial charge in [-0.15, -0.1) is 0 Å². The number of halogens is 1. The SMILES string of the molecule is CC(=O)C(O)[C@H]1O[C@@H](n2ccc(=O)[nH]c2=O)[C@@](O)(C(C)=O)[C@H]1Br. The average molecular weight is 391 g/mol. The van der Waals surface area contributed by atoms with Gasteiger partial charge < -0.3 is 14.9 Å². The van der Waals surface area contributed by atoms with Crippen molar-refractivity contribution in [1.82, 2.24) is 9.55 Å². The van der Waals surface area contributed by atoms with Crippen molar-refractivity contribution in [3.8, 4) is 0 Å². The van der Waals surface area contributed by atoms with Crippen LogP contribution in [0.2, 0.25) is 0 Å². The molecule has 0 radical (unpaired) electrons. The summed E-state index contributed by atoms with van der Waals surface area (Å²) >= 11 is 3.08. The molecule has 10 heteroatoms. The molecular weight excluding hydrogens is 376 g/mol. The maximum Gasteiger partial charge on any atom is 0.330 e. The highest BCUT2D eigenvalue weighted by Gasteiger charge is 2.61. The van der Waals surface area contributed by atoms with E-state index in [1.807, 2.05) is 4.98 Å². The van der Waals surface area contributed by atoms with Crippen LogP contribution in [0.25, 0.3) is 0 Å². The predicted octanol–water partition coefficient (Wildman–Crippen LogP) is -1.53. The third-order valence-corrected chi connectivity index (χ3v) is 4.99. The second-order valence-electron chi connectivity index (χ2n) is 5.31. The van der Waals surface area contributed by atoms with E-state index in [1.54, 1.807) is 0 Å². The predicted molar refractivity (Wildman–Crippen MR) is 80.3 cm³/mol. The molecule has 0 saturated carbocycles. The highest BCUT2D eigenvalue weighted by molar-refractivity contribution is 9.09. The molecule has 5 atom stereocenters. The fraction of sp³-hybridized carbons (Fsp3) is 0.538. The number of aromatic nitrogens is 2. The zero-order valence-electron chi connectivity index (χ0n) is 12.2. The summed E-state index contributed by atoms with van der Waals surface area (Å²) in [6.45, 7) is 2.21. The van der Waals surface area contributed by atoms with Crippen LogP contribution >= 0.6 is 15.9 Å². The van der Waals surface area contributed by atoms with E-state index in [-0.39, 0.29) is 0 Å². The van der Waals surface area contributed by atoms with Crippen molar-refractivity contribution in [3.05, 3.63) is 33.1 Å². The third-order valence-electron chi connectivity index (χ3n) is 3.77. The Bertz CT molecular complexity index is 757. The number of Topliss-reactive ketones (excluding diaryl/α,β-unsaturated/α-hetero) is 2. The molecule has 2 rings (SSSR count). The van der Waals surface area contributed by atoms with Crippen LogP contribution < -0.4 is 11.2 Å². The molecule has 1 aliphatic heterocycles. The fourth-order valence-corrected chi connectivity index (χ4v) is 3.39. The quantitative estimate of drug-likeness (QED) is 0.529. The van der Waals surface area contributed by atoms with Crippen molar-refractivity contribution in [1.29, 1.82) is 0 Å². The number of nitrogens with zero attached hydrogens (tertiary/aromatic N) is 1. The number of alkyl halides is 1. The second kappa shape index (κ2) is 6.11. The number of aliphatic hydroxyl groups excluding tert-OH is 1. The Morgan fingerprint density at radius 2 is 2.04 bits per heavy atom. The average Bonchev–Trinajstić information content (AvgIpc) is 2.72. The molecular formula is C13H15BrN2O7. The maximum atomic E-state index is 12.0. The Hall–Kier alpha value is -1.62. The Morgan fingerprint density at radius 1 is 1.43 bits per heavy atom. The van der Waals surface area contributed by atoms with Crippen molar-refractivity contribution in [3.63, 3.8) is 0 Å². The minimum absolute atomic E-state index is 0.625. The Kier molecular flexibility index (Phi) is 4.71. The van der Waals surface area contributed by atoms with Crippen molar-refractivity contribution < 1.29 is 24.5 Å². The van der Waals surface area contributed by atoms with Gasteiger partial charge in [-0.25, -0.2) is 4.79 Å². The van der Waals surface area contributed by atoms with Gasteiger partial charge in [-0.05, 0) is 13.8 Å². The third kappa shape index (κ3) is 2.82. The van der Waals surface area contributed by atoms with E-state index in [9.17, 15) is 29.4 Å². The first-order valence-corrected chi connectivity index (χ1v) is 7.55. The summed E-state index contributed by atoms with van der Waals surface area (Å²) in [4.78, 5) is 47.2. The van der Waals surface area contributed by atoms with E-state index in [1.165, 1.54) is 0 Å². The number of hydrogen-bond donors (Lipinski definition) is 3. The zero-order chi connectivity index (χ0) is 17.5. The summed E-state index contributed by atoms with van der Waals surface area (Å²) in [5.41, 5.74) is -3.78. The summed E-state index contributed by atoms with van der Waals surface area (Å²) in [5.74, 6) is -1.36. The number of H-pyrrole nitrogens is 1.